The smallest absolute Gasteiger partial charge is 0.290 e. The third-order valence-corrected chi connectivity index (χ3v) is 4.65. The highest BCUT2D eigenvalue weighted by molar-refractivity contribution is 5.91. The number of amides is 1. The molecule has 7 nitrogen and oxygen atoms in total. The van der Waals surface area contributed by atoms with Crippen LogP contribution in [-0.2, 0) is 13.0 Å². The van der Waals surface area contributed by atoms with Gasteiger partial charge in [-0.1, -0.05) is 72.7 Å². The van der Waals surface area contributed by atoms with Crippen LogP contribution in [0.1, 0.15) is 40.5 Å². The van der Waals surface area contributed by atoms with Crippen LogP contribution in [0.25, 0.3) is 11.4 Å². The number of carbonyl (C=O) groups excluding carboxylic acids is 1. The van der Waals surface area contributed by atoms with Gasteiger partial charge in [0.1, 0.15) is 5.82 Å². The molecular formula is C22H21N5O2. The van der Waals surface area contributed by atoms with E-state index >= 15 is 0 Å². The van der Waals surface area contributed by atoms with Crippen LogP contribution in [0.2, 0.25) is 0 Å². The van der Waals surface area contributed by atoms with Gasteiger partial charge in [0.25, 0.3) is 5.91 Å². The Labute approximate surface area is 168 Å². The summed E-state index contributed by atoms with van der Waals surface area (Å²) in [6.07, 6.45) is 0.698. The predicted molar refractivity (Wildman–Crippen MR) is 108 cm³/mol. The number of carbonyl (C=O) groups is 1. The Morgan fingerprint density at radius 2 is 1.83 bits per heavy atom. The van der Waals surface area contributed by atoms with Gasteiger partial charge in [0.2, 0.25) is 5.76 Å². The molecule has 0 saturated heterocycles. The van der Waals surface area contributed by atoms with Crippen LogP contribution in [-0.4, -0.2) is 26.2 Å². The minimum Gasteiger partial charge on any atom is -0.351 e. The zero-order valence-electron chi connectivity index (χ0n) is 16.0. The number of hydrogen-bond acceptors (Lipinski definition) is 5. The van der Waals surface area contributed by atoms with Gasteiger partial charge in [0, 0.05) is 11.6 Å². The molecular weight excluding hydrogens is 366 g/mol. The van der Waals surface area contributed by atoms with E-state index in [1.807, 2.05) is 48.5 Å². The summed E-state index contributed by atoms with van der Waals surface area (Å²) in [5.74, 6) is 1.28. The zero-order chi connectivity index (χ0) is 20.1. The van der Waals surface area contributed by atoms with Crippen molar-refractivity contribution in [3.63, 3.8) is 0 Å². The number of aromatic nitrogens is 4. The molecule has 2 aromatic carbocycles. The van der Waals surface area contributed by atoms with Crippen LogP contribution >= 0.6 is 0 Å². The van der Waals surface area contributed by atoms with E-state index in [2.05, 4.69) is 44.7 Å². The number of rotatable bonds is 7. The van der Waals surface area contributed by atoms with Crippen molar-refractivity contribution in [1.29, 1.82) is 0 Å². The van der Waals surface area contributed by atoms with Crippen molar-refractivity contribution in [2.45, 2.75) is 25.8 Å². The fourth-order valence-corrected chi connectivity index (χ4v) is 3.07. The van der Waals surface area contributed by atoms with Crippen molar-refractivity contribution in [2.75, 3.05) is 0 Å². The van der Waals surface area contributed by atoms with Gasteiger partial charge in [-0.15, -0.1) is 0 Å². The first-order chi connectivity index (χ1) is 14.2. The average molecular weight is 387 g/mol. The van der Waals surface area contributed by atoms with E-state index in [0.717, 1.165) is 11.3 Å². The third-order valence-electron chi connectivity index (χ3n) is 4.65. The van der Waals surface area contributed by atoms with E-state index in [1.165, 1.54) is 5.56 Å². The summed E-state index contributed by atoms with van der Waals surface area (Å²) in [5.41, 5.74) is 2.88. The van der Waals surface area contributed by atoms with Crippen LogP contribution in [0.15, 0.2) is 71.3 Å². The second-order valence-corrected chi connectivity index (χ2v) is 6.85. The Bertz CT molecular complexity index is 1070. The number of nitrogens with zero attached hydrogens (tertiary/aromatic N) is 3. The molecule has 0 aliphatic rings. The first-order valence-corrected chi connectivity index (χ1v) is 9.44. The highest BCUT2D eigenvalue weighted by Gasteiger charge is 2.16. The summed E-state index contributed by atoms with van der Waals surface area (Å²) in [6.45, 7) is 2.34. The Balaban J connectivity index is 1.33. The maximum Gasteiger partial charge on any atom is 0.290 e. The van der Waals surface area contributed by atoms with Crippen LogP contribution in [0.4, 0.5) is 0 Å². The quantitative estimate of drug-likeness (QED) is 0.504. The maximum absolute atomic E-state index is 12.4. The zero-order valence-corrected chi connectivity index (χ0v) is 16.0. The summed E-state index contributed by atoms with van der Waals surface area (Å²) in [6, 6.07) is 21.5. The molecule has 0 saturated carbocycles. The van der Waals surface area contributed by atoms with Gasteiger partial charge in [0.05, 0.1) is 12.2 Å². The van der Waals surface area contributed by atoms with Gasteiger partial charge in [-0.3, -0.25) is 9.89 Å². The van der Waals surface area contributed by atoms with Crippen LogP contribution in [0.5, 0.6) is 0 Å². The Morgan fingerprint density at radius 1 is 1.10 bits per heavy atom. The summed E-state index contributed by atoms with van der Waals surface area (Å²) in [5, 5.41) is 13.8. The molecule has 4 rings (SSSR count). The number of benzene rings is 2. The van der Waals surface area contributed by atoms with E-state index in [4.69, 9.17) is 4.52 Å². The molecule has 0 radical (unpaired) electrons. The third kappa shape index (κ3) is 4.57. The van der Waals surface area contributed by atoms with E-state index in [1.54, 1.807) is 6.07 Å². The number of aromatic amines is 1. The molecule has 0 aliphatic carbocycles. The molecule has 2 aromatic heterocycles. The van der Waals surface area contributed by atoms with Gasteiger partial charge in [-0.05, 0) is 17.9 Å². The molecule has 0 aliphatic heterocycles. The molecule has 146 valence electrons. The first kappa shape index (κ1) is 18.6. The second-order valence-electron chi connectivity index (χ2n) is 6.85. The molecule has 29 heavy (non-hydrogen) atoms. The minimum absolute atomic E-state index is 0.183. The SMILES string of the molecule is CC(Cc1cc(C(=O)NCc2nc(-c3ccccc3)n[nH]2)on1)c1ccccc1. The normalized spacial score (nSPS) is 11.9. The lowest BCUT2D eigenvalue weighted by Crippen LogP contribution is -2.23. The fourth-order valence-electron chi connectivity index (χ4n) is 3.07. The monoisotopic (exact) mass is 387 g/mol. The Kier molecular flexibility index (Phi) is 5.47. The summed E-state index contributed by atoms with van der Waals surface area (Å²) >= 11 is 0. The predicted octanol–water partition coefficient (Wildman–Crippen LogP) is 3.74. The average Bonchev–Trinajstić information content (AvgIpc) is 3.43. The first-order valence-electron chi connectivity index (χ1n) is 9.44. The van der Waals surface area contributed by atoms with E-state index < -0.39 is 0 Å². The van der Waals surface area contributed by atoms with Gasteiger partial charge >= 0.3 is 0 Å². The maximum atomic E-state index is 12.4. The second kappa shape index (κ2) is 8.52. The van der Waals surface area contributed by atoms with Crippen molar-refractivity contribution in [2.24, 2.45) is 0 Å². The highest BCUT2D eigenvalue weighted by atomic mass is 16.5. The van der Waals surface area contributed by atoms with Gasteiger partial charge in [0.15, 0.2) is 5.82 Å². The van der Waals surface area contributed by atoms with E-state index in [0.29, 0.717) is 18.1 Å². The van der Waals surface area contributed by atoms with Crippen molar-refractivity contribution >= 4 is 5.91 Å². The largest absolute Gasteiger partial charge is 0.351 e. The summed E-state index contributed by atoms with van der Waals surface area (Å²) in [7, 11) is 0. The lowest BCUT2D eigenvalue weighted by atomic mass is 9.96. The van der Waals surface area contributed by atoms with Crippen LogP contribution in [0.3, 0.4) is 0 Å². The van der Waals surface area contributed by atoms with E-state index in [9.17, 15) is 4.79 Å². The lowest BCUT2D eigenvalue weighted by Gasteiger charge is -2.08. The molecule has 2 heterocycles. The molecule has 4 aromatic rings. The van der Waals surface area contributed by atoms with Crippen molar-refractivity contribution in [1.82, 2.24) is 25.7 Å². The van der Waals surface area contributed by atoms with Crippen molar-refractivity contribution in [3.8, 4) is 11.4 Å². The number of H-pyrrole nitrogens is 1. The van der Waals surface area contributed by atoms with Crippen LogP contribution < -0.4 is 5.32 Å². The molecule has 1 amide bonds. The summed E-state index contributed by atoms with van der Waals surface area (Å²) in [4.78, 5) is 16.8. The lowest BCUT2D eigenvalue weighted by molar-refractivity contribution is 0.0913. The molecule has 7 heteroatoms. The van der Waals surface area contributed by atoms with Gasteiger partial charge in [-0.2, -0.15) is 5.10 Å². The minimum atomic E-state index is -0.339. The number of nitrogens with one attached hydrogen (secondary N) is 2. The van der Waals surface area contributed by atoms with E-state index in [-0.39, 0.29) is 24.1 Å². The molecule has 0 fully saturated rings. The van der Waals surface area contributed by atoms with Crippen molar-refractivity contribution < 1.29 is 9.32 Å². The Morgan fingerprint density at radius 3 is 2.59 bits per heavy atom. The van der Waals surface area contributed by atoms with Crippen LogP contribution in [0, 0.1) is 0 Å². The Hall–Kier alpha value is -3.74. The topological polar surface area (TPSA) is 96.7 Å². The van der Waals surface area contributed by atoms with Crippen molar-refractivity contribution in [3.05, 3.63) is 89.6 Å². The standard InChI is InChI=1S/C22H21N5O2/c1-15(16-8-4-2-5-9-16)12-18-13-19(29-27-18)22(28)23-14-20-24-21(26-25-20)17-10-6-3-7-11-17/h2-11,13,15H,12,14H2,1H3,(H,23,28)(H,24,25,26). The molecule has 2 N–H and O–H groups in total. The highest BCUT2D eigenvalue weighted by Crippen LogP contribution is 2.20. The summed E-state index contributed by atoms with van der Waals surface area (Å²) < 4.78 is 5.22. The molecule has 1 unspecified atom stereocenters. The number of hydrogen-bond donors (Lipinski definition) is 2. The van der Waals surface area contributed by atoms with Gasteiger partial charge < -0.3 is 9.84 Å². The van der Waals surface area contributed by atoms with Gasteiger partial charge in [-0.25, -0.2) is 4.98 Å². The molecule has 0 bridgehead atoms. The fraction of sp³-hybridized carbons (Fsp3) is 0.182. The molecule has 0 spiro atoms. The molecule has 1 atom stereocenters.